The monoisotopic (exact) mass is 374 g/mol. The molecule has 0 bridgehead atoms. The van der Waals surface area contributed by atoms with Gasteiger partial charge in [-0.3, -0.25) is 0 Å². The molecule has 0 heteroatoms. The highest BCUT2D eigenvalue weighted by Crippen LogP contribution is 2.61. The van der Waals surface area contributed by atoms with Crippen LogP contribution in [-0.4, -0.2) is 0 Å². The van der Waals surface area contributed by atoms with Crippen LogP contribution in [0.3, 0.4) is 0 Å². The lowest BCUT2D eigenvalue weighted by Gasteiger charge is -2.47. The fourth-order valence-electron chi connectivity index (χ4n) is 7.96. The molecule has 0 N–H and O–H groups in total. The summed E-state index contributed by atoms with van der Waals surface area (Å²) in [6.45, 7) is 12.6. The molecule has 0 heterocycles. The topological polar surface area (TPSA) is 0 Å². The Morgan fingerprint density at radius 1 is 0.815 bits per heavy atom. The molecule has 158 valence electrons. The maximum absolute atomic E-state index is 2.73. The highest BCUT2D eigenvalue weighted by Gasteiger charge is 2.52. The third-order valence-corrected chi connectivity index (χ3v) is 9.67. The quantitative estimate of drug-likeness (QED) is 0.398. The van der Waals surface area contributed by atoms with Gasteiger partial charge in [-0.1, -0.05) is 92.4 Å². The smallest absolute Gasteiger partial charge is 0.0264 e. The Kier molecular flexibility index (Phi) is 7.77. The van der Waals surface area contributed by atoms with Crippen LogP contribution in [-0.2, 0) is 0 Å². The van der Waals surface area contributed by atoms with Crippen LogP contribution in [0, 0.1) is 46.8 Å². The average molecular weight is 375 g/mol. The highest BCUT2D eigenvalue weighted by molar-refractivity contribution is 5.01. The summed E-state index contributed by atoms with van der Waals surface area (Å²) >= 11 is 0. The molecule has 0 amide bonds. The lowest BCUT2D eigenvalue weighted by atomic mass is 9.58. The summed E-state index contributed by atoms with van der Waals surface area (Å²) < 4.78 is 0. The van der Waals surface area contributed by atoms with Gasteiger partial charge in [0.1, 0.15) is 0 Å². The summed E-state index contributed by atoms with van der Waals surface area (Å²) in [6.07, 6.45) is 21.2. The molecule has 0 spiro atoms. The van der Waals surface area contributed by atoms with Crippen LogP contribution in [0.1, 0.15) is 125 Å². The Morgan fingerprint density at radius 3 is 2.26 bits per heavy atom. The van der Waals surface area contributed by atoms with Crippen LogP contribution < -0.4 is 0 Å². The Bertz CT molecular complexity index is 437. The molecule has 7 unspecified atom stereocenters. The molecule has 3 saturated carbocycles. The van der Waals surface area contributed by atoms with Crippen molar-refractivity contribution in [2.75, 3.05) is 0 Å². The fourth-order valence-corrected chi connectivity index (χ4v) is 7.96. The van der Waals surface area contributed by atoms with Crippen LogP contribution >= 0.6 is 0 Å². The van der Waals surface area contributed by atoms with E-state index in [1.54, 1.807) is 32.1 Å². The first kappa shape index (κ1) is 21.7. The van der Waals surface area contributed by atoms with Gasteiger partial charge in [0.05, 0.1) is 0 Å². The molecule has 0 nitrogen and oxygen atoms in total. The summed E-state index contributed by atoms with van der Waals surface area (Å²) in [6, 6.07) is 0. The number of rotatable bonds is 8. The van der Waals surface area contributed by atoms with E-state index in [0.717, 1.165) is 41.4 Å². The van der Waals surface area contributed by atoms with Crippen molar-refractivity contribution in [3.05, 3.63) is 0 Å². The van der Waals surface area contributed by atoms with Crippen LogP contribution in [0.5, 0.6) is 0 Å². The van der Waals surface area contributed by atoms with Gasteiger partial charge >= 0.3 is 0 Å². The molecule has 3 aliphatic carbocycles. The molecule has 0 aliphatic heterocycles. The van der Waals surface area contributed by atoms with E-state index in [-0.39, 0.29) is 0 Å². The zero-order valence-electron chi connectivity index (χ0n) is 19.4. The molecular weight excluding hydrogens is 324 g/mol. The second kappa shape index (κ2) is 9.67. The van der Waals surface area contributed by atoms with E-state index in [1.165, 1.54) is 57.8 Å². The van der Waals surface area contributed by atoms with Crippen molar-refractivity contribution in [3.63, 3.8) is 0 Å². The number of fused-ring (bicyclic) bond motifs is 1. The molecule has 7 atom stereocenters. The van der Waals surface area contributed by atoms with Gasteiger partial charge in [0, 0.05) is 0 Å². The highest BCUT2D eigenvalue weighted by atomic mass is 14.6. The molecule has 0 radical (unpaired) electrons. The van der Waals surface area contributed by atoms with E-state index in [9.17, 15) is 0 Å². The molecule has 27 heavy (non-hydrogen) atoms. The average Bonchev–Trinajstić information content (AvgIpc) is 2.98. The Balaban J connectivity index is 1.54. The molecule has 3 aliphatic rings. The van der Waals surface area contributed by atoms with Gasteiger partial charge in [-0.15, -0.1) is 0 Å². The summed E-state index contributed by atoms with van der Waals surface area (Å²) in [5.41, 5.74) is 0.679. The second-order valence-corrected chi connectivity index (χ2v) is 11.8. The molecule has 0 aromatic rings. The summed E-state index contributed by atoms with van der Waals surface area (Å²) in [4.78, 5) is 0. The van der Waals surface area contributed by atoms with Crippen molar-refractivity contribution in [1.82, 2.24) is 0 Å². The van der Waals surface area contributed by atoms with Crippen molar-refractivity contribution in [2.45, 2.75) is 125 Å². The third kappa shape index (κ3) is 5.14. The van der Waals surface area contributed by atoms with Gasteiger partial charge in [0.15, 0.2) is 0 Å². The van der Waals surface area contributed by atoms with Crippen LogP contribution in [0.2, 0.25) is 0 Å². The van der Waals surface area contributed by atoms with E-state index in [2.05, 4.69) is 34.6 Å². The first-order valence-electron chi connectivity index (χ1n) is 12.9. The normalized spacial score (nSPS) is 40.9. The van der Waals surface area contributed by atoms with Crippen molar-refractivity contribution >= 4 is 0 Å². The Labute approximate surface area is 171 Å². The predicted molar refractivity (Wildman–Crippen MR) is 120 cm³/mol. The first-order chi connectivity index (χ1) is 12.9. The van der Waals surface area contributed by atoms with Crippen molar-refractivity contribution in [1.29, 1.82) is 0 Å². The minimum atomic E-state index is 0.679. The van der Waals surface area contributed by atoms with Gasteiger partial charge in [-0.05, 0) is 78.9 Å². The number of hydrogen-bond donors (Lipinski definition) is 0. The molecular formula is C27H50. The van der Waals surface area contributed by atoms with Gasteiger partial charge in [-0.2, -0.15) is 0 Å². The zero-order valence-corrected chi connectivity index (χ0v) is 19.4. The van der Waals surface area contributed by atoms with Gasteiger partial charge in [-0.25, -0.2) is 0 Å². The summed E-state index contributed by atoms with van der Waals surface area (Å²) in [5.74, 6) is 7.03. The molecule has 3 rings (SSSR count). The fraction of sp³-hybridized carbons (Fsp3) is 1.00. The van der Waals surface area contributed by atoms with E-state index in [4.69, 9.17) is 0 Å². The minimum absolute atomic E-state index is 0.679. The lowest BCUT2D eigenvalue weighted by Crippen LogP contribution is -2.39. The molecule has 0 aromatic carbocycles. The predicted octanol–water partition coefficient (Wildman–Crippen LogP) is 8.89. The van der Waals surface area contributed by atoms with Crippen molar-refractivity contribution in [3.8, 4) is 0 Å². The Hall–Kier alpha value is 0. The number of hydrogen-bond acceptors (Lipinski definition) is 0. The standard InChI is InChI=1S/C27H50/c1-20(2)10-8-12-22(4)25-17-18-26-24(14-9-19-27(25,26)5)16-15-23-13-7-6-11-21(23)3/h20-26H,6-19H2,1-5H3. The minimum Gasteiger partial charge on any atom is -0.0628 e. The van der Waals surface area contributed by atoms with Crippen molar-refractivity contribution in [2.24, 2.45) is 46.8 Å². The third-order valence-electron chi connectivity index (χ3n) is 9.67. The van der Waals surface area contributed by atoms with Gasteiger partial charge in [0.2, 0.25) is 0 Å². The van der Waals surface area contributed by atoms with E-state index >= 15 is 0 Å². The van der Waals surface area contributed by atoms with E-state index in [0.29, 0.717) is 5.41 Å². The molecule has 3 fully saturated rings. The van der Waals surface area contributed by atoms with Crippen LogP contribution in [0.25, 0.3) is 0 Å². The van der Waals surface area contributed by atoms with E-state index in [1.807, 2.05) is 0 Å². The second-order valence-electron chi connectivity index (χ2n) is 11.8. The lowest BCUT2D eigenvalue weighted by molar-refractivity contribution is 0.0215. The van der Waals surface area contributed by atoms with Gasteiger partial charge in [0.25, 0.3) is 0 Å². The maximum atomic E-state index is 2.73. The maximum Gasteiger partial charge on any atom is -0.0264 e. The zero-order chi connectivity index (χ0) is 19.4. The largest absolute Gasteiger partial charge is 0.0628 e. The summed E-state index contributed by atoms with van der Waals surface area (Å²) in [7, 11) is 0. The van der Waals surface area contributed by atoms with Crippen molar-refractivity contribution < 1.29 is 0 Å². The first-order valence-corrected chi connectivity index (χ1v) is 12.9. The SMILES string of the molecule is CC(C)CCCC(C)C1CCC2C(CCC3CCCCC3C)CCCC12C. The van der Waals surface area contributed by atoms with Crippen LogP contribution in [0.4, 0.5) is 0 Å². The summed E-state index contributed by atoms with van der Waals surface area (Å²) in [5, 5.41) is 0. The van der Waals surface area contributed by atoms with E-state index < -0.39 is 0 Å². The van der Waals surface area contributed by atoms with Crippen LogP contribution in [0.15, 0.2) is 0 Å². The Morgan fingerprint density at radius 2 is 1.52 bits per heavy atom. The molecule has 0 aromatic heterocycles. The molecule has 0 saturated heterocycles. The van der Waals surface area contributed by atoms with Gasteiger partial charge < -0.3 is 0 Å².